The maximum Gasteiger partial charge on any atom is 0.252 e. The second-order valence-corrected chi connectivity index (χ2v) is 8.08. The van der Waals surface area contributed by atoms with Gasteiger partial charge >= 0.3 is 0 Å². The standard InChI is InChI=1S/C25H24N4O4/c1-4-17-5-8-19(9-6-17)29-25-24(16(3)27-29)15(2)11-23(31)28(25)13-22(30)26-18-7-10-20-21(12-18)33-14-32-20/h5-12H,4,13-14H2,1-3H3,(H,26,30). The first-order valence-electron chi connectivity index (χ1n) is 10.8. The van der Waals surface area contributed by atoms with Gasteiger partial charge < -0.3 is 14.8 Å². The largest absolute Gasteiger partial charge is 0.454 e. The van der Waals surface area contributed by atoms with E-state index in [4.69, 9.17) is 14.6 Å². The molecule has 8 heteroatoms. The second-order valence-electron chi connectivity index (χ2n) is 8.08. The number of fused-ring (bicyclic) bond motifs is 2. The first-order valence-corrected chi connectivity index (χ1v) is 10.8. The van der Waals surface area contributed by atoms with Crippen LogP contribution in [0.3, 0.4) is 0 Å². The molecule has 1 aliphatic rings. The number of aromatic nitrogens is 3. The smallest absolute Gasteiger partial charge is 0.252 e. The van der Waals surface area contributed by atoms with Gasteiger partial charge in [0.1, 0.15) is 12.2 Å². The molecule has 1 amide bonds. The second kappa shape index (κ2) is 8.12. The highest BCUT2D eigenvalue weighted by atomic mass is 16.7. The van der Waals surface area contributed by atoms with E-state index in [1.807, 2.05) is 38.1 Å². The Morgan fingerprint density at radius 3 is 2.58 bits per heavy atom. The molecular formula is C25H24N4O4. The molecule has 0 fully saturated rings. The summed E-state index contributed by atoms with van der Waals surface area (Å²) < 4.78 is 13.9. The summed E-state index contributed by atoms with van der Waals surface area (Å²) >= 11 is 0. The molecule has 3 heterocycles. The molecule has 4 aromatic rings. The Bertz CT molecular complexity index is 1430. The summed E-state index contributed by atoms with van der Waals surface area (Å²) in [5, 5.41) is 8.41. The van der Waals surface area contributed by atoms with Crippen molar-refractivity contribution in [2.75, 3.05) is 12.1 Å². The molecule has 0 aliphatic carbocycles. The lowest BCUT2D eigenvalue weighted by Gasteiger charge is -2.13. The number of rotatable bonds is 5. The minimum Gasteiger partial charge on any atom is -0.454 e. The van der Waals surface area contributed by atoms with Gasteiger partial charge in [-0.2, -0.15) is 5.10 Å². The van der Waals surface area contributed by atoms with Crippen LogP contribution in [0.5, 0.6) is 11.5 Å². The summed E-state index contributed by atoms with van der Waals surface area (Å²) in [6.07, 6.45) is 0.934. The maximum atomic E-state index is 13.0. The van der Waals surface area contributed by atoms with Crippen LogP contribution >= 0.6 is 0 Å². The lowest BCUT2D eigenvalue weighted by Crippen LogP contribution is -2.29. The fraction of sp³-hybridized carbons (Fsp3) is 0.240. The van der Waals surface area contributed by atoms with Crippen molar-refractivity contribution in [2.45, 2.75) is 33.7 Å². The lowest BCUT2D eigenvalue weighted by molar-refractivity contribution is -0.116. The van der Waals surface area contributed by atoms with E-state index in [9.17, 15) is 9.59 Å². The SMILES string of the molecule is CCc1ccc(-n2nc(C)c3c(C)cc(=O)n(CC(=O)Nc4ccc5c(c4)OCO5)c32)cc1. The van der Waals surface area contributed by atoms with E-state index in [-0.39, 0.29) is 24.8 Å². The van der Waals surface area contributed by atoms with Gasteiger partial charge in [-0.25, -0.2) is 4.68 Å². The van der Waals surface area contributed by atoms with Gasteiger partial charge in [0.25, 0.3) is 5.56 Å². The van der Waals surface area contributed by atoms with Crippen molar-refractivity contribution < 1.29 is 14.3 Å². The van der Waals surface area contributed by atoms with Crippen LogP contribution in [0.4, 0.5) is 5.69 Å². The van der Waals surface area contributed by atoms with E-state index < -0.39 is 0 Å². The Labute approximate surface area is 190 Å². The summed E-state index contributed by atoms with van der Waals surface area (Å²) in [5.74, 6) is 0.887. The highest BCUT2D eigenvalue weighted by Crippen LogP contribution is 2.34. The number of nitrogens with zero attached hydrogens (tertiary/aromatic N) is 3. The van der Waals surface area contributed by atoms with Crippen molar-refractivity contribution >= 4 is 22.6 Å². The van der Waals surface area contributed by atoms with E-state index in [1.54, 1.807) is 28.9 Å². The van der Waals surface area contributed by atoms with Crippen LogP contribution < -0.4 is 20.3 Å². The molecule has 33 heavy (non-hydrogen) atoms. The van der Waals surface area contributed by atoms with Gasteiger partial charge in [-0.3, -0.25) is 14.2 Å². The average Bonchev–Trinajstić information content (AvgIpc) is 3.40. The minimum absolute atomic E-state index is 0.151. The molecule has 0 atom stereocenters. The van der Waals surface area contributed by atoms with Crippen LogP contribution in [-0.2, 0) is 17.8 Å². The molecule has 1 aliphatic heterocycles. The highest BCUT2D eigenvalue weighted by Gasteiger charge is 2.19. The number of carbonyl (C=O) groups excluding carboxylic acids is 1. The van der Waals surface area contributed by atoms with Crippen LogP contribution in [-0.4, -0.2) is 27.0 Å². The minimum atomic E-state index is -0.326. The van der Waals surface area contributed by atoms with Gasteiger partial charge in [0.05, 0.1) is 11.4 Å². The van der Waals surface area contributed by atoms with E-state index in [1.165, 1.54) is 10.1 Å². The van der Waals surface area contributed by atoms with Gasteiger partial charge in [-0.05, 0) is 55.7 Å². The molecule has 0 saturated heterocycles. The Morgan fingerprint density at radius 1 is 1.06 bits per heavy atom. The number of anilines is 1. The average molecular weight is 444 g/mol. The quantitative estimate of drug-likeness (QED) is 0.507. The van der Waals surface area contributed by atoms with Crippen LogP contribution in [0.15, 0.2) is 53.3 Å². The molecule has 1 N–H and O–H groups in total. The maximum absolute atomic E-state index is 13.0. The molecule has 8 nitrogen and oxygen atoms in total. The van der Waals surface area contributed by atoms with Crippen molar-refractivity contribution in [3.63, 3.8) is 0 Å². The van der Waals surface area contributed by atoms with Crippen LogP contribution in [0.25, 0.3) is 16.7 Å². The monoisotopic (exact) mass is 444 g/mol. The molecule has 0 bridgehead atoms. The number of hydrogen-bond donors (Lipinski definition) is 1. The van der Waals surface area contributed by atoms with Crippen LogP contribution in [0.1, 0.15) is 23.7 Å². The Kier molecular flexibility index (Phi) is 5.12. The molecule has 0 spiro atoms. The van der Waals surface area contributed by atoms with E-state index >= 15 is 0 Å². The van der Waals surface area contributed by atoms with E-state index in [0.29, 0.717) is 22.8 Å². The number of hydrogen-bond acceptors (Lipinski definition) is 5. The van der Waals surface area contributed by atoms with Gasteiger partial charge in [0.2, 0.25) is 12.7 Å². The van der Waals surface area contributed by atoms with E-state index in [0.717, 1.165) is 28.8 Å². The highest BCUT2D eigenvalue weighted by molar-refractivity contribution is 5.92. The predicted octanol–water partition coefficient (Wildman–Crippen LogP) is 3.73. The molecule has 2 aromatic carbocycles. The van der Waals surface area contributed by atoms with Gasteiger partial charge in [0, 0.05) is 23.2 Å². The van der Waals surface area contributed by atoms with Gasteiger partial charge in [-0.1, -0.05) is 19.1 Å². The molecule has 168 valence electrons. The molecular weight excluding hydrogens is 420 g/mol. The van der Waals surface area contributed by atoms with Gasteiger partial charge in [0.15, 0.2) is 11.5 Å². The van der Waals surface area contributed by atoms with Crippen LogP contribution in [0.2, 0.25) is 0 Å². The summed E-state index contributed by atoms with van der Waals surface area (Å²) in [5.41, 5.74) is 4.59. The Morgan fingerprint density at radius 2 is 1.82 bits per heavy atom. The Balaban J connectivity index is 1.54. The van der Waals surface area contributed by atoms with Crippen molar-refractivity contribution in [3.8, 4) is 17.2 Å². The van der Waals surface area contributed by atoms with Crippen molar-refractivity contribution in [3.05, 3.63) is 75.7 Å². The third-order valence-corrected chi connectivity index (χ3v) is 5.84. The number of aryl methyl sites for hydroxylation is 3. The fourth-order valence-electron chi connectivity index (χ4n) is 4.19. The number of pyridine rings is 1. The zero-order valence-corrected chi connectivity index (χ0v) is 18.7. The van der Waals surface area contributed by atoms with Crippen molar-refractivity contribution in [2.24, 2.45) is 0 Å². The zero-order chi connectivity index (χ0) is 23.1. The summed E-state index contributed by atoms with van der Waals surface area (Å²) in [6.45, 7) is 5.91. The van der Waals surface area contributed by atoms with Crippen LogP contribution in [0, 0.1) is 13.8 Å². The van der Waals surface area contributed by atoms with Crippen molar-refractivity contribution in [1.29, 1.82) is 0 Å². The fourth-order valence-corrected chi connectivity index (χ4v) is 4.19. The van der Waals surface area contributed by atoms with E-state index in [2.05, 4.69) is 12.2 Å². The topological polar surface area (TPSA) is 87.4 Å². The molecule has 0 unspecified atom stereocenters. The summed E-state index contributed by atoms with van der Waals surface area (Å²) in [7, 11) is 0. The van der Waals surface area contributed by atoms with Gasteiger partial charge in [-0.15, -0.1) is 0 Å². The first kappa shape index (κ1) is 20.8. The number of ether oxygens (including phenoxy) is 2. The number of amides is 1. The summed E-state index contributed by atoms with van der Waals surface area (Å²) in [4.78, 5) is 25.9. The third kappa shape index (κ3) is 3.73. The normalized spacial score (nSPS) is 12.3. The molecule has 0 saturated carbocycles. The third-order valence-electron chi connectivity index (χ3n) is 5.84. The number of benzene rings is 2. The predicted molar refractivity (Wildman–Crippen MR) is 125 cm³/mol. The molecule has 5 rings (SSSR count). The number of nitrogens with one attached hydrogen (secondary N) is 1. The first-order chi connectivity index (χ1) is 15.9. The lowest BCUT2D eigenvalue weighted by atomic mass is 10.1. The zero-order valence-electron chi connectivity index (χ0n) is 18.7. The Hall–Kier alpha value is -4.07. The molecule has 2 aromatic heterocycles. The summed E-state index contributed by atoms with van der Waals surface area (Å²) in [6, 6.07) is 14.8. The van der Waals surface area contributed by atoms with Crippen molar-refractivity contribution in [1.82, 2.24) is 14.3 Å². The number of carbonyl (C=O) groups is 1. The molecule has 0 radical (unpaired) electrons.